The Morgan fingerprint density at radius 1 is 0.879 bits per heavy atom. The van der Waals surface area contributed by atoms with Crippen molar-refractivity contribution in [2.24, 2.45) is 0 Å². The molecule has 0 saturated carbocycles. The molecule has 0 spiro atoms. The highest BCUT2D eigenvalue weighted by Gasteiger charge is 2.37. The molecule has 2 aromatic carbocycles. The monoisotopic (exact) mass is 448 g/mol. The van der Waals surface area contributed by atoms with E-state index in [9.17, 15) is 9.59 Å². The number of fused-ring (bicyclic) bond motifs is 1. The summed E-state index contributed by atoms with van der Waals surface area (Å²) < 4.78 is 5.69. The summed E-state index contributed by atoms with van der Waals surface area (Å²) in [5.74, 6) is 0.356. The van der Waals surface area contributed by atoms with E-state index in [-0.39, 0.29) is 16.5 Å². The molecule has 1 fully saturated rings. The number of hydrogen-bond donors (Lipinski definition) is 2. The van der Waals surface area contributed by atoms with Crippen molar-refractivity contribution in [3.05, 3.63) is 58.3 Å². The molecule has 0 radical (unpaired) electrons. The van der Waals surface area contributed by atoms with Crippen LogP contribution in [0.4, 0.5) is 4.79 Å². The maximum Gasteiger partial charge on any atom is 0.326 e. The molecule has 1 saturated heterocycles. The van der Waals surface area contributed by atoms with E-state index >= 15 is 0 Å². The second-order valence-electron chi connectivity index (χ2n) is 9.91. The molecule has 5 heteroatoms. The third kappa shape index (κ3) is 4.68. The first-order valence-corrected chi connectivity index (χ1v) is 11.7. The zero-order chi connectivity index (χ0) is 24.6. The van der Waals surface area contributed by atoms with E-state index in [1.54, 1.807) is 13.2 Å². The smallest absolute Gasteiger partial charge is 0.326 e. The summed E-state index contributed by atoms with van der Waals surface area (Å²) in [5.41, 5.74) is 7.42. The van der Waals surface area contributed by atoms with Gasteiger partial charge in [0.25, 0.3) is 5.91 Å². The van der Waals surface area contributed by atoms with Crippen LogP contribution in [0.3, 0.4) is 0 Å². The maximum atomic E-state index is 11.9. The Labute approximate surface area is 197 Å². The minimum Gasteiger partial charge on any atom is -0.496 e. The van der Waals surface area contributed by atoms with Gasteiger partial charge in [0.1, 0.15) is 11.4 Å². The Morgan fingerprint density at radius 3 is 2.03 bits per heavy atom. The number of carbonyl (C=O) groups excluding carboxylic acids is 2. The van der Waals surface area contributed by atoms with Gasteiger partial charge >= 0.3 is 6.03 Å². The summed E-state index contributed by atoms with van der Waals surface area (Å²) in [4.78, 5) is 23.4. The molecular weight excluding hydrogens is 412 g/mol. The lowest BCUT2D eigenvalue weighted by atomic mass is 9.62. The molecule has 2 N–H and O–H groups in total. The van der Waals surface area contributed by atoms with Crippen molar-refractivity contribution in [2.75, 3.05) is 7.11 Å². The van der Waals surface area contributed by atoms with Gasteiger partial charge in [-0.25, -0.2) is 4.79 Å². The van der Waals surface area contributed by atoms with Gasteiger partial charge in [-0.05, 0) is 82.7 Å². The van der Waals surface area contributed by atoms with Crippen LogP contribution in [-0.4, -0.2) is 19.0 Å². The lowest BCUT2D eigenvalue weighted by molar-refractivity contribution is -0.115. The maximum absolute atomic E-state index is 11.9. The summed E-state index contributed by atoms with van der Waals surface area (Å²) in [6.07, 6.45) is 4.00. The number of nitrogens with one attached hydrogen (secondary N) is 2. The quantitative estimate of drug-likeness (QED) is 0.432. The van der Waals surface area contributed by atoms with Crippen LogP contribution >= 0.6 is 0 Å². The number of carbonyl (C=O) groups is 2. The van der Waals surface area contributed by atoms with E-state index in [0.29, 0.717) is 0 Å². The Morgan fingerprint density at radius 2 is 1.48 bits per heavy atom. The standard InChI is InChI=1S/C26H30N2O3.C2H6/c1-15-11-19-20(26(4,5)10-9-25(19,2)3)14-17(15)18-12-16(7-8-22(18)31-6)13-21-23(29)28-24(30)27-21;1-2/h7-8,11-14H,9-10H2,1-6H3,(H2,27,28,29,30);1-2H3/b21-13-;. The van der Waals surface area contributed by atoms with Crippen molar-refractivity contribution in [3.8, 4) is 16.9 Å². The molecule has 2 aliphatic rings. The van der Waals surface area contributed by atoms with Gasteiger partial charge in [0.15, 0.2) is 0 Å². The molecule has 3 amide bonds. The first kappa shape index (κ1) is 24.6. The fraction of sp³-hybridized carbons (Fsp3) is 0.429. The molecule has 2 aromatic rings. The summed E-state index contributed by atoms with van der Waals surface area (Å²) in [5, 5.41) is 4.78. The van der Waals surface area contributed by atoms with Gasteiger partial charge in [-0.3, -0.25) is 10.1 Å². The van der Waals surface area contributed by atoms with E-state index in [1.165, 1.54) is 23.1 Å². The van der Waals surface area contributed by atoms with E-state index in [2.05, 4.69) is 57.4 Å². The molecule has 176 valence electrons. The molecule has 5 nitrogen and oxygen atoms in total. The van der Waals surface area contributed by atoms with Gasteiger partial charge in [0.05, 0.1) is 7.11 Å². The van der Waals surface area contributed by atoms with Crippen molar-refractivity contribution in [3.63, 3.8) is 0 Å². The lowest BCUT2D eigenvalue weighted by Gasteiger charge is -2.42. The van der Waals surface area contributed by atoms with Crippen LogP contribution < -0.4 is 15.4 Å². The van der Waals surface area contributed by atoms with E-state index < -0.39 is 11.9 Å². The number of urea groups is 1. The molecule has 0 unspecified atom stereocenters. The first-order chi connectivity index (χ1) is 15.5. The van der Waals surface area contributed by atoms with Crippen LogP contribution in [0, 0.1) is 6.92 Å². The molecule has 0 bridgehead atoms. The van der Waals surface area contributed by atoms with Gasteiger partial charge in [-0.15, -0.1) is 0 Å². The first-order valence-electron chi connectivity index (χ1n) is 11.7. The van der Waals surface area contributed by atoms with Crippen molar-refractivity contribution >= 4 is 18.0 Å². The van der Waals surface area contributed by atoms with Crippen LogP contribution in [0.25, 0.3) is 17.2 Å². The molecule has 0 atom stereocenters. The number of ether oxygens (including phenoxy) is 1. The topological polar surface area (TPSA) is 67.4 Å². The van der Waals surface area contributed by atoms with Crippen LogP contribution in [0.5, 0.6) is 5.75 Å². The summed E-state index contributed by atoms with van der Waals surface area (Å²) >= 11 is 0. The van der Waals surface area contributed by atoms with Crippen molar-refractivity contribution < 1.29 is 14.3 Å². The molecule has 0 aromatic heterocycles. The van der Waals surface area contributed by atoms with E-state index in [0.717, 1.165) is 28.9 Å². The number of imide groups is 1. The molecule has 1 heterocycles. The lowest BCUT2D eigenvalue weighted by Crippen LogP contribution is -2.34. The summed E-state index contributed by atoms with van der Waals surface area (Å²) in [6, 6.07) is 9.96. The second kappa shape index (κ2) is 9.05. The van der Waals surface area contributed by atoms with Crippen LogP contribution in [0.15, 0.2) is 36.0 Å². The van der Waals surface area contributed by atoms with Crippen molar-refractivity contribution in [2.45, 2.75) is 72.1 Å². The minimum absolute atomic E-state index is 0.104. The zero-order valence-corrected chi connectivity index (χ0v) is 21.1. The highest BCUT2D eigenvalue weighted by Crippen LogP contribution is 2.48. The molecule has 33 heavy (non-hydrogen) atoms. The van der Waals surface area contributed by atoms with E-state index in [4.69, 9.17) is 4.74 Å². The molecule has 1 aliphatic carbocycles. The number of hydrogen-bond acceptors (Lipinski definition) is 3. The number of aryl methyl sites for hydroxylation is 1. The molecular formula is C28H36N2O3. The van der Waals surface area contributed by atoms with Gasteiger partial charge in [-0.1, -0.05) is 53.7 Å². The Kier molecular flexibility index (Phi) is 6.73. The van der Waals surface area contributed by atoms with Crippen LogP contribution in [-0.2, 0) is 15.6 Å². The third-order valence-electron chi connectivity index (χ3n) is 6.74. The SMILES string of the molecule is CC.COc1ccc(/C=C2\NC(=O)NC2=O)cc1-c1cc2c(cc1C)C(C)(C)CCC2(C)C. The van der Waals surface area contributed by atoms with Crippen molar-refractivity contribution in [1.29, 1.82) is 0 Å². The zero-order valence-electron chi connectivity index (χ0n) is 21.1. The van der Waals surface area contributed by atoms with Crippen LogP contribution in [0.1, 0.15) is 76.6 Å². The second-order valence-corrected chi connectivity index (χ2v) is 9.91. The van der Waals surface area contributed by atoms with Crippen LogP contribution in [0.2, 0.25) is 0 Å². The third-order valence-corrected chi connectivity index (χ3v) is 6.74. The predicted molar refractivity (Wildman–Crippen MR) is 134 cm³/mol. The van der Waals surface area contributed by atoms with Crippen molar-refractivity contribution in [1.82, 2.24) is 10.6 Å². The summed E-state index contributed by atoms with van der Waals surface area (Å²) in [6.45, 7) is 15.4. The number of methoxy groups -OCH3 is 1. The predicted octanol–water partition coefficient (Wildman–Crippen LogP) is 6.23. The Balaban J connectivity index is 0.00000149. The average Bonchev–Trinajstić information content (AvgIpc) is 3.09. The fourth-order valence-electron chi connectivity index (χ4n) is 4.69. The fourth-order valence-corrected chi connectivity index (χ4v) is 4.69. The summed E-state index contributed by atoms with van der Waals surface area (Å²) in [7, 11) is 1.67. The number of rotatable bonds is 3. The van der Waals surface area contributed by atoms with Gasteiger partial charge in [0.2, 0.25) is 0 Å². The highest BCUT2D eigenvalue weighted by atomic mass is 16.5. The largest absolute Gasteiger partial charge is 0.496 e. The molecule has 1 aliphatic heterocycles. The van der Waals surface area contributed by atoms with Gasteiger partial charge in [-0.2, -0.15) is 0 Å². The number of amides is 3. The molecule has 4 rings (SSSR count). The van der Waals surface area contributed by atoms with E-state index in [1.807, 2.05) is 32.0 Å². The Bertz CT molecular complexity index is 1130. The average molecular weight is 449 g/mol. The number of benzene rings is 2. The minimum atomic E-state index is -0.500. The van der Waals surface area contributed by atoms with Gasteiger partial charge < -0.3 is 10.1 Å². The Hall–Kier alpha value is -3.08. The van der Waals surface area contributed by atoms with Gasteiger partial charge in [0, 0.05) is 5.56 Å². The normalized spacial score (nSPS) is 19.2. The highest BCUT2D eigenvalue weighted by molar-refractivity contribution is 6.14.